The third kappa shape index (κ3) is 2.89. The summed E-state index contributed by atoms with van der Waals surface area (Å²) in [5.74, 6) is -0.802. The molecule has 2 aromatic heterocycles. The first-order chi connectivity index (χ1) is 8.81. The van der Waals surface area contributed by atoms with Crippen molar-refractivity contribution in [2.75, 3.05) is 0 Å². The molecule has 0 aliphatic carbocycles. The number of pyridine rings is 2. The van der Waals surface area contributed by atoms with Crippen LogP contribution in [-0.2, 0) is 4.84 Å². The third-order valence-corrected chi connectivity index (χ3v) is 3.06. The molecule has 0 aliphatic heterocycles. The van der Waals surface area contributed by atoms with Crippen molar-refractivity contribution < 1.29 is 9.63 Å². The number of carbonyl (C=O) groups is 1. The molecule has 0 fully saturated rings. The highest BCUT2D eigenvalue weighted by Gasteiger charge is 2.14. The summed E-state index contributed by atoms with van der Waals surface area (Å²) < 4.78 is 0. The molecule has 0 unspecified atom stereocenters. The Hall–Kier alpha value is -2.28. The summed E-state index contributed by atoms with van der Waals surface area (Å²) in [7, 11) is 0. The predicted molar refractivity (Wildman–Crippen MR) is 63.8 cm³/mol. The van der Waals surface area contributed by atoms with E-state index in [2.05, 4.69) is 20.1 Å². The number of rotatable bonds is 4. The Morgan fingerprint density at radius 3 is 2.61 bits per heavy atom. The maximum Gasteiger partial charge on any atom is 0.370 e. The van der Waals surface area contributed by atoms with Gasteiger partial charge in [-0.15, -0.1) is 4.91 Å². The van der Waals surface area contributed by atoms with Gasteiger partial charge < -0.3 is 0 Å². The monoisotopic (exact) mass is 261 g/mol. The van der Waals surface area contributed by atoms with E-state index in [9.17, 15) is 9.70 Å². The highest BCUT2D eigenvalue weighted by atomic mass is 32.2. The molecule has 2 aromatic rings. The fourth-order valence-corrected chi connectivity index (χ4v) is 2.13. The first-order valence-corrected chi connectivity index (χ1v) is 5.69. The van der Waals surface area contributed by atoms with Crippen molar-refractivity contribution >= 4 is 17.7 Å². The Morgan fingerprint density at radius 1 is 1.17 bits per heavy atom. The topological polar surface area (TPSA) is 81.5 Å². The predicted octanol–water partition coefficient (Wildman–Crippen LogP) is 2.47. The molecule has 6 nitrogen and oxygen atoms in total. The average Bonchev–Trinajstić information content (AvgIpc) is 2.41. The van der Waals surface area contributed by atoms with Gasteiger partial charge in [0.25, 0.3) is 0 Å². The summed E-state index contributed by atoms with van der Waals surface area (Å²) >= 11 is 1.32. The molecule has 0 bridgehead atoms. The lowest BCUT2D eigenvalue weighted by atomic mass is 10.3. The number of nitrogens with zero attached hydrogens (tertiary/aromatic N) is 3. The zero-order valence-corrected chi connectivity index (χ0v) is 9.83. The second kappa shape index (κ2) is 5.87. The molecular formula is C11H7N3O3S. The quantitative estimate of drug-likeness (QED) is 0.621. The average molecular weight is 261 g/mol. The van der Waals surface area contributed by atoms with Gasteiger partial charge in [0.15, 0.2) is 5.34 Å². The van der Waals surface area contributed by atoms with Gasteiger partial charge in [-0.1, -0.05) is 11.8 Å². The van der Waals surface area contributed by atoms with Crippen molar-refractivity contribution in [1.82, 2.24) is 9.97 Å². The molecule has 90 valence electrons. The molecule has 2 heterocycles. The highest BCUT2D eigenvalue weighted by Crippen LogP contribution is 2.29. The second-order valence-corrected chi connectivity index (χ2v) is 4.23. The van der Waals surface area contributed by atoms with Crippen LogP contribution in [0, 0.1) is 4.91 Å². The van der Waals surface area contributed by atoms with Gasteiger partial charge in [-0.3, -0.25) is 14.8 Å². The fraction of sp³-hybridized carbons (Fsp3) is 0. The maximum atomic E-state index is 11.5. The molecule has 0 saturated heterocycles. The van der Waals surface area contributed by atoms with Crippen LogP contribution in [0.5, 0.6) is 0 Å². The van der Waals surface area contributed by atoms with Crippen LogP contribution in [0.4, 0.5) is 0 Å². The van der Waals surface area contributed by atoms with E-state index in [4.69, 9.17) is 0 Å². The van der Waals surface area contributed by atoms with Crippen LogP contribution in [0.15, 0.2) is 58.1 Å². The van der Waals surface area contributed by atoms with Crippen molar-refractivity contribution in [1.29, 1.82) is 0 Å². The van der Waals surface area contributed by atoms with Crippen LogP contribution in [0.2, 0.25) is 0 Å². The third-order valence-electron chi connectivity index (χ3n) is 2.00. The summed E-state index contributed by atoms with van der Waals surface area (Å²) in [6.45, 7) is 0. The summed E-state index contributed by atoms with van der Waals surface area (Å²) in [4.78, 5) is 34.8. The Kier molecular flexibility index (Phi) is 3.98. The minimum Gasteiger partial charge on any atom is -0.279 e. The van der Waals surface area contributed by atoms with Crippen molar-refractivity contribution in [3.8, 4) is 0 Å². The van der Waals surface area contributed by atoms with E-state index in [1.807, 2.05) is 0 Å². The maximum absolute atomic E-state index is 11.5. The van der Waals surface area contributed by atoms with E-state index in [0.717, 1.165) is 4.90 Å². The smallest absolute Gasteiger partial charge is 0.279 e. The standard InChI is InChI=1S/C11H7N3O3S/c15-11(17-14-16)9-3-6-13-7-10(9)18-8-1-4-12-5-2-8/h1-7H. The summed E-state index contributed by atoms with van der Waals surface area (Å²) in [6, 6.07) is 5.06. The number of hydrogen-bond acceptors (Lipinski definition) is 7. The van der Waals surface area contributed by atoms with Crippen LogP contribution in [0.3, 0.4) is 0 Å². The molecule has 2 rings (SSSR count). The highest BCUT2D eigenvalue weighted by molar-refractivity contribution is 7.99. The molecule has 0 radical (unpaired) electrons. The van der Waals surface area contributed by atoms with Gasteiger partial charge >= 0.3 is 5.97 Å². The molecule has 0 N–H and O–H groups in total. The molecule has 7 heteroatoms. The fourth-order valence-electron chi connectivity index (χ4n) is 1.25. The zero-order chi connectivity index (χ0) is 12.8. The Balaban J connectivity index is 2.28. The van der Waals surface area contributed by atoms with Gasteiger partial charge in [0.1, 0.15) is 0 Å². The largest absolute Gasteiger partial charge is 0.370 e. The Morgan fingerprint density at radius 2 is 1.89 bits per heavy atom. The number of aromatic nitrogens is 2. The molecule has 0 atom stereocenters. The van der Waals surface area contributed by atoms with E-state index < -0.39 is 5.97 Å². The number of hydrogen-bond donors (Lipinski definition) is 0. The molecule has 0 aromatic carbocycles. The van der Waals surface area contributed by atoms with E-state index in [-0.39, 0.29) is 5.56 Å². The van der Waals surface area contributed by atoms with Crippen LogP contribution in [0.1, 0.15) is 10.4 Å². The van der Waals surface area contributed by atoms with Gasteiger partial charge in [0.05, 0.1) is 5.56 Å². The van der Waals surface area contributed by atoms with Crippen LogP contribution in [-0.4, -0.2) is 15.9 Å². The SMILES string of the molecule is O=NOC(=O)c1ccncc1Sc1ccncc1. The van der Waals surface area contributed by atoms with Gasteiger partial charge in [0.2, 0.25) is 0 Å². The molecule has 0 amide bonds. The molecule has 0 aliphatic rings. The zero-order valence-electron chi connectivity index (χ0n) is 9.02. The van der Waals surface area contributed by atoms with E-state index in [1.165, 1.54) is 30.2 Å². The minimum absolute atomic E-state index is 0.242. The van der Waals surface area contributed by atoms with Gasteiger partial charge in [-0.05, 0) is 18.2 Å². The second-order valence-electron chi connectivity index (χ2n) is 3.11. The molecule has 0 saturated carbocycles. The summed E-state index contributed by atoms with van der Waals surface area (Å²) in [5, 5.41) is 2.12. The molecule has 18 heavy (non-hydrogen) atoms. The Labute approximate surface area is 106 Å². The molecule has 0 spiro atoms. The van der Waals surface area contributed by atoms with E-state index in [1.54, 1.807) is 24.5 Å². The van der Waals surface area contributed by atoms with Crippen LogP contribution >= 0.6 is 11.8 Å². The van der Waals surface area contributed by atoms with Gasteiger partial charge in [0, 0.05) is 34.6 Å². The van der Waals surface area contributed by atoms with E-state index in [0.29, 0.717) is 4.90 Å². The van der Waals surface area contributed by atoms with Crippen LogP contribution < -0.4 is 0 Å². The van der Waals surface area contributed by atoms with Gasteiger partial charge in [-0.25, -0.2) is 4.79 Å². The minimum atomic E-state index is -0.802. The lowest BCUT2D eigenvalue weighted by molar-refractivity contribution is 0.0504. The lowest BCUT2D eigenvalue weighted by Crippen LogP contribution is -2.02. The van der Waals surface area contributed by atoms with Crippen molar-refractivity contribution in [3.63, 3.8) is 0 Å². The van der Waals surface area contributed by atoms with E-state index >= 15 is 0 Å². The normalized spacial score (nSPS) is 9.78. The summed E-state index contributed by atoms with van der Waals surface area (Å²) in [5.41, 5.74) is 0.242. The van der Waals surface area contributed by atoms with Crippen molar-refractivity contribution in [2.24, 2.45) is 5.34 Å². The van der Waals surface area contributed by atoms with Crippen molar-refractivity contribution in [2.45, 2.75) is 9.79 Å². The summed E-state index contributed by atoms with van der Waals surface area (Å²) in [6.07, 6.45) is 6.25. The Bertz CT molecular complexity index is 562. The first-order valence-electron chi connectivity index (χ1n) is 4.87. The first kappa shape index (κ1) is 12.2. The number of carbonyl (C=O) groups excluding carboxylic acids is 1. The van der Waals surface area contributed by atoms with Crippen LogP contribution in [0.25, 0.3) is 0 Å². The molecular weight excluding hydrogens is 254 g/mol. The van der Waals surface area contributed by atoms with Crippen molar-refractivity contribution in [3.05, 3.63) is 53.5 Å². The lowest BCUT2D eigenvalue weighted by Gasteiger charge is -2.04. The van der Waals surface area contributed by atoms with Gasteiger partial charge in [-0.2, -0.15) is 0 Å².